The molecule has 0 aromatic heterocycles. The van der Waals surface area contributed by atoms with Crippen molar-refractivity contribution in [3.63, 3.8) is 0 Å². The zero-order valence-electron chi connectivity index (χ0n) is 24.7. The molecule has 0 heterocycles. The first-order valence-corrected chi connectivity index (χ1v) is 15.6. The first-order valence-electron chi connectivity index (χ1n) is 15.6. The molecule has 0 bridgehead atoms. The maximum atomic E-state index is 12.7. The molecule has 0 spiro atoms. The molecule has 0 radical (unpaired) electrons. The van der Waals surface area contributed by atoms with Gasteiger partial charge in [0.2, 0.25) is 0 Å². The lowest BCUT2D eigenvalue weighted by atomic mass is 9.37. The minimum absolute atomic E-state index is 0.250. The minimum Gasteiger partial charge on any atom is -0.393 e. The van der Waals surface area contributed by atoms with Crippen molar-refractivity contribution in [1.29, 1.82) is 0 Å². The van der Waals surface area contributed by atoms with Gasteiger partial charge in [-0.05, 0) is 98.7 Å². The summed E-state index contributed by atoms with van der Waals surface area (Å²) < 4.78 is 0. The maximum Gasteiger partial charge on any atom is 0.112 e. The fraction of sp³-hybridized carbons (Fsp3) is 1.00. The Labute approximate surface area is 222 Å². The lowest BCUT2D eigenvalue weighted by Gasteiger charge is -2.71. The molecule has 10 atom stereocenters. The zero-order valence-corrected chi connectivity index (χ0v) is 24.7. The van der Waals surface area contributed by atoms with Crippen LogP contribution in [-0.4, -0.2) is 38.2 Å². The molecule has 5 N–H and O–H groups in total. The summed E-state index contributed by atoms with van der Waals surface area (Å²) in [4.78, 5) is 0. The number of hydrogen-bond donors (Lipinski definition) is 4. The number of nitrogens with two attached hydrogens (primary N) is 1. The van der Waals surface area contributed by atoms with Gasteiger partial charge in [0.25, 0.3) is 0 Å². The molecule has 4 fully saturated rings. The third-order valence-electron chi connectivity index (χ3n) is 13.2. The smallest absolute Gasteiger partial charge is 0.112 e. The van der Waals surface area contributed by atoms with Crippen molar-refractivity contribution in [2.45, 2.75) is 155 Å². The van der Waals surface area contributed by atoms with E-state index in [0.29, 0.717) is 48.9 Å². The van der Waals surface area contributed by atoms with E-state index in [4.69, 9.17) is 5.73 Å². The van der Waals surface area contributed by atoms with Crippen LogP contribution >= 0.6 is 0 Å². The van der Waals surface area contributed by atoms with Gasteiger partial charge in [-0.15, -0.1) is 0 Å². The molecule has 0 amide bonds. The lowest BCUT2D eigenvalue weighted by molar-refractivity contribution is -0.324. The maximum absolute atomic E-state index is 12.7. The van der Waals surface area contributed by atoms with Crippen molar-refractivity contribution in [1.82, 2.24) is 0 Å². The van der Waals surface area contributed by atoms with Crippen LogP contribution in [0.3, 0.4) is 0 Å². The number of aliphatic hydroxyl groups is 3. The molecule has 4 aliphatic carbocycles. The molecule has 0 unspecified atom stereocenters. The molecule has 0 aromatic carbocycles. The summed E-state index contributed by atoms with van der Waals surface area (Å²) in [7, 11) is 0. The van der Waals surface area contributed by atoms with Crippen LogP contribution in [0.15, 0.2) is 0 Å². The van der Waals surface area contributed by atoms with E-state index in [1.165, 1.54) is 38.5 Å². The quantitative estimate of drug-likeness (QED) is 0.306. The number of fused-ring (bicyclic) bond motifs is 5. The topological polar surface area (TPSA) is 86.7 Å². The van der Waals surface area contributed by atoms with Gasteiger partial charge in [-0.2, -0.15) is 0 Å². The van der Waals surface area contributed by atoms with Gasteiger partial charge < -0.3 is 21.1 Å². The van der Waals surface area contributed by atoms with Crippen LogP contribution in [0.1, 0.15) is 132 Å². The second kappa shape index (κ2) is 9.79. The first-order chi connectivity index (χ1) is 16.7. The van der Waals surface area contributed by atoms with Gasteiger partial charge in [0, 0.05) is 17.4 Å². The average molecular weight is 506 g/mol. The Morgan fingerprint density at radius 2 is 1.56 bits per heavy atom. The van der Waals surface area contributed by atoms with E-state index in [1.807, 2.05) is 0 Å². The summed E-state index contributed by atoms with van der Waals surface area (Å²) in [5, 5.41) is 36.0. The normalized spacial score (nSPS) is 47.8. The average Bonchev–Trinajstić information content (AvgIpc) is 3.17. The largest absolute Gasteiger partial charge is 0.393 e. The Bertz CT molecular complexity index is 781. The summed E-state index contributed by atoms with van der Waals surface area (Å²) in [6.07, 6.45) is 11.9. The van der Waals surface area contributed by atoms with Crippen molar-refractivity contribution in [3.8, 4) is 0 Å². The SMILES string of the molecule is CCC(N)(CC)[C@]1(O)C[C@H]2[C@@H]3CC[C@H]([C@H](C)CCCC(C)C)[C@@]3(C)CC[C@@H]2[C@@]2(C)CC[C@H](O)C[C@]12O. The second-order valence-corrected chi connectivity index (χ2v) is 15.0. The standard InChI is InChI=1S/C32H59NO3/c1-8-30(33,9-2)32(36)20-24-26-14-13-25(22(5)12-10-11-21(3)4)28(26,6)17-16-27(24)29(7)18-15-23(34)19-31(29,32)35/h21-27,34-36H,8-20,33H2,1-7H3/t22-,23+,24+,25-,26+,27+,28-,29-,31-,32-/m1/s1. The van der Waals surface area contributed by atoms with Gasteiger partial charge in [-0.1, -0.05) is 67.7 Å². The summed E-state index contributed by atoms with van der Waals surface area (Å²) in [5.74, 6) is 3.65. The van der Waals surface area contributed by atoms with Crippen LogP contribution in [0.4, 0.5) is 0 Å². The van der Waals surface area contributed by atoms with Crippen molar-refractivity contribution < 1.29 is 15.3 Å². The van der Waals surface area contributed by atoms with Crippen molar-refractivity contribution in [3.05, 3.63) is 0 Å². The molecule has 36 heavy (non-hydrogen) atoms. The van der Waals surface area contributed by atoms with Crippen LogP contribution in [0.5, 0.6) is 0 Å². The molecule has 4 saturated carbocycles. The van der Waals surface area contributed by atoms with Crippen molar-refractivity contribution in [2.24, 2.45) is 52.1 Å². The Morgan fingerprint density at radius 3 is 2.17 bits per heavy atom. The van der Waals surface area contributed by atoms with E-state index < -0.39 is 28.3 Å². The molecule has 0 aromatic rings. The second-order valence-electron chi connectivity index (χ2n) is 15.0. The van der Waals surface area contributed by atoms with Gasteiger partial charge in [-0.3, -0.25) is 0 Å². The molecule has 210 valence electrons. The van der Waals surface area contributed by atoms with Gasteiger partial charge >= 0.3 is 0 Å². The molecule has 4 aliphatic rings. The predicted octanol–water partition coefficient (Wildman–Crippen LogP) is 6.44. The molecular formula is C32H59NO3. The van der Waals surface area contributed by atoms with Gasteiger partial charge in [0.05, 0.1) is 6.10 Å². The van der Waals surface area contributed by atoms with Gasteiger partial charge in [-0.25, -0.2) is 0 Å². The molecule has 4 rings (SSSR count). The van der Waals surface area contributed by atoms with E-state index in [2.05, 4.69) is 48.5 Å². The Hall–Kier alpha value is -0.160. The van der Waals surface area contributed by atoms with Crippen LogP contribution in [0, 0.1) is 46.3 Å². The van der Waals surface area contributed by atoms with Crippen LogP contribution in [0.2, 0.25) is 0 Å². The number of aliphatic hydroxyl groups excluding tert-OH is 1. The number of hydrogen-bond acceptors (Lipinski definition) is 4. The van der Waals surface area contributed by atoms with E-state index in [-0.39, 0.29) is 6.42 Å². The van der Waals surface area contributed by atoms with Crippen molar-refractivity contribution >= 4 is 0 Å². The third-order valence-corrected chi connectivity index (χ3v) is 13.2. The van der Waals surface area contributed by atoms with E-state index >= 15 is 0 Å². The summed E-state index contributed by atoms with van der Waals surface area (Å²) >= 11 is 0. The van der Waals surface area contributed by atoms with E-state index in [1.54, 1.807) is 0 Å². The molecule has 4 nitrogen and oxygen atoms in total. The molecule has 4 heteroatoms. The highest BCUT2D eigenvalue weighted by Crippen LogP contribution is 2.72. The van der Waals surface area contributed by atoms with E-state index in [0.717, 1.165) is 30.6 Å². The molecule has 0 aliphatic heterocycles. The fourth-order valence-electron chi connectivity index (χ4n) is 10.8. The monoisotopic (exact) mass is 505 g/mol. The Balaban J connectivity index is 1.69. The predicted molar refractivity (Wildman–Crippen MR) is 148 cm³/mol. The Kier molecular flexibility index (Phi) is 7.84. The van der Waals surface area contributed by atoms with Crippen LogP contribution in [-0.2, 0) is 0 Å². The summed E-state index contributed by atoms with van der Waals surface area (Å²) in [6.45, 7) is 16.1. The molecular weight excluding hydrogens is 446 g/mol. The van der Waals surface area contributed by atoms with Crippen molar-refractivity contribution in [2.75, 3.05) is 0 Å². The highest BCUT2D eigenvalue weighted by molar-refractivity contribution is 5.27. The van der Waals surface area contributed by atoms with E-state index in [9.17, 15) is 15.3 Å². The fourth-order valence-corrected chi connectivity index (χ4v) is 10.8. The lowest BCUT2D eigenvalue weighted by Crippen LogP contribution is -2.81. The minimum atomic E-state index is -1.39. The summed E-state index contributed by atoms with van der Waals surface area (Å²) in [6, 6.07) is 0. The highest BCUT2D eigenvalue weighted by Gasteiger charge is 2.75. The highest BCUT2D eigenvalue weighted by atomic mass is 16.4. The van der Waals surface area contributed by atoms with Crippen LogP contribution < -0.4 is 5.73 Å². The molecule has 0 saturated heterocycles. The zero-order chi connectivity index (χ0) is 26.7. The Morgan fingerprint density at radius 1 is 0.889 bits per heavy atom. The third kappa shape index (κ3) is 3.97. The number of rotatable bonds is 8. The van der Waals surface area contributed by atoms with Gasteiger partial charge in [0.15, 0.2) is 0 Å². The van der Waals surface area contributed by atoms with Crippen LogP contribution in [0.25, 0.3) is 0 Å². The summed E-state index contributed by atoms with van der Waals surface area (Å²) in [5.41, 5.74) is 3.36. The first kappa shape index (κ1) is 28.8. The van der Waals surface area contributed by atoms with Gasteiger partial charge in [0.1, 0.15) is 11.2 Å².